The molecule has 0 atom stereocenters. The van der Waals surface area contributed by atoms with Gasteiger partial charge < -0.3 is 4.90 Å². The van der Waals surface area contributed by atoms with E-state index in [0.29, 0.717) is 12.2 Å². The van der Waals surface area contributed by atoms with Crippen LogP contribution in [0.15, 0.2) is 33.7 Å². The number of carbonyl (C=O) groups excluding carboxylic acids is 1. The van der Waals surface area contributed by atoms with Crippen LogP contribution in [0.25, 0.3) is 11.0 Å². The molecule has 0 spiro atoms. The summed E-state index contributed by atoms with van der Waals surface area (Å²) in [6.07, 6.45) is 0.947. The van der Waals surface area contributed by atoms with Gasteiger partial charge in [-0.05, 0) is 28.4 Å². The van der Waals surface area contributed by atoms with E-state index in [1.54, 1.807) is 5.51 Å². The third-order valence-electron chi connectivity index (χ3n) is 4.29. The first-order valence-electron chi connectivity index (χ1n) is 7.91. The van der Waals surface area contributed by atoms with Gasteiger partial charge >= 0.3 is 0 Å². The molecular formula is C16H17N5O2S. The lowest BCUT2D eigenvalue weighted by Gasteiger charge is -2.21. The maximum Gasteiger partial charge on any atom is 0.273 e. The van der Waals surface area contributed by atoms with Crippen LogP contribution in [0.1, 0.15) is 22.5 Å². The van der Waals surface area contributed by atoms with E-state index < -0.39 is 0 Å². The summed E-state index contributed by atoms with van der Waals surface area (Å²) < 4.78 is 4.83. The molecule has 1 amide bonds. The first-order valence-corrected chi connectivity index (χ1v) is 8.85. The van der Waals surface area contributed by atoms with Gasteiger partial charge in [-0.15, -0.1) is 11.3 Å². The molecule has 24 heavy (non-hydrogen) atoms. The van der Waals surface area contributed by atoms with Gasteiger partial charge in [0.1, 0.15) is 16.7 Å². The number of fused-ring (bicyclic) bond motifs is 1. The molecule has 7 nitrogen and oxygen atoms in total. The molecule has 8 heteroatoms. The zero-order valence-electron chi connectivity index (χ0n) is 13.1. The third-order valence-corrected chi connectivity index (χ3v) is 4.88. The van der Waals surface area contributed by atoms with Gasteiger partial charge in [0.25, 0.3) is 5.91 Å². The highest BCUT2D eigenvalue weighted by Crippen LogP contribution is 2.18. The summed E-state index contributed by atoms with van der Waals surface area (Å²) in [5, 5.41) is 9.70. The second kappa shape index (κ2) is 6.66. The Morgan fingerprint density at radius 2 is 2.17 bits per heavy atom. The van der Waals surface area contributed by atoms with Crippen LogP contribution >= 0.6 is 11.3 Å². The Balaban J connectivity index is 1.43. The van der Waals surface area contributed by atoms with Crippen molar-refractivity contribution < 1.29 is 9.42 Å². The summed E-state index contributed by atoms with van der Waals surface area (Å²) in [5.41, 5.74) is 4.95. The van der Waals surface area contributed by atoms with E-state index in [9.17, 15) is 4.79 Å². The van der Waals surface area contributed by atoms with Crippen molar-refractivity contribution in [3.05, 3.63) is 40.3 Å². The summed E-state index contributed by atoms with van der Waals surface area (Å²) in [6, 6.07) is 5.92. The molecule has 0 bridgehead atoms. The first kappa shape index (κ1) is 15.2. The Labute approximate surface area is 142 Å². The number of carbonyl (C=O) groups is 1. The van der Waals surface area contributed by atoms with Crippen molar-refractivity contribution in [1.82, 2.24) is 25.1 Å². The smallest absolute Gasteiger partial charge is 0.273 e. The van der Waals surface area contributed by atoms with Crippen molar-refractivity contribution in [3.63, 3.8) is 0 Å². The SMILES string of the molecule is O=C(c1cscn1)N1CCCN(Cc2cccc3nonc23)CC1. The predicted molar refractivity (Wildman–Crippen MR) is 89.7 cm³/mol. The minimum absolute atomic E-state index is 0.0286. The summed E-state index contributed by atoms with van der Waals surface area (Å²) >= 11 is 1.45. The molecule has 1 aromatic carbocycles. The van der Waals surface area contributed by atoms with E-state index >= 15 is 0 Å². The molecule has 1 aliphatic heterocycles. The van der Waals surface area contributed by atoms with Crippen LogP contribution in [0.5, 0.6) is 0 Å². The largest absolute Gasteiger partial charge is 0.336 e. The Bertz CT molecular complexity index is 832. The number of amides is 1. The lowest BCUT2D eigenvalue weighted by molar-refractivity contribution is 0.0756. The second-order valence-corrected chi connectivity index (χ2v) is 6.56. The number of benzene rings is 1. The van der Waals surface area contributed by atoms with Gasteiger partial charge in [0.05, 0.1) is 5.51 Å². The van der Waals surface area contributed by atoms with Crippen molar-refractivity contribution in [2.45, 2.75) is 13.0 Å². The fourth-order valence-electron chi connectivity index (χ4n) is 3.04. The van der Waals surface area contributed by atoms with Crippen molar-refractivity contribution in [3.8, 4) is 0 Å². The molecule has 0 saturated carbocycles. The quantitative estimate of drug-likeness (QED) is 0.724. The summed E-state index contributed by atoms with van der Waals surface area (Å²) in [5.74, 6) is 0.0286. The normalized spacial score (nSPS) is 16.4. The van der Waals surface area contributed by atoms with Crippen LogP contribution < -0.4 is 0 Å². The minimum atomic E-state index is 0.0286. The molecule has 0 unspecified atom stereocenters. The number of thiazole rings is 1. The van der Waals surface area contributed by atoms with Gasteiger partial charge in [-0.25, -0.2) is 9.61 Å². The lowest BCUT2D eigenvalue weighted by Crippen LogP contribution is -2.35. The van der Waals surface area contributed by atoms with E-state index in [1.165, 1.54) is 11.3 Å². The molecule has 0 N–H and O–H groups in total. The maximum atomic E-state index is 12.4. The molecule has 3 heterocycles. The molecule has 0 aliphatic carbocycles. The first-order chi connectivity index (χ1) is 11.8. The molecular weight excluding hydrogens is 326 g/mol. The van der Waals surface area contributed by atoms with E-state index in [4.69, 9.17) is 4.63 Å². The number of rotatable bonds is 3. The Hall–Kier alpha value is -2.32. The van der Waals surface area contributed by atoms with E-state index in [-0.39, 0.29) is 5.91 Å². The summed E-state index contributed by atoms with van der Waals surface area (Å²) in [4.78, 5) is 20.8. The highest BCUT2D eigenvalue weighted by atomic mass is 32.1. The lowest BCUT2D eigenvalue weighted by atomic mass is 10.1. The van der Waals surface area contributed by atoms with Gasteiger partial charge in [0, 0.05) is 38.1 Å². The molecule has 1 fully saturated rings. The van der Waals surface area contributed by atoms with Gasteiger partial charge in [-0.3, -0.25) is 9.69 Å². The second-order valence-electron chi connectivity index (χ2n) is 5.84. The van der Waals surface area contributed by atoms with Crippen LogP contribution in [0.3, 0.4) is 0 Å². The van der Waals surface area contributed by atoms with Crippen molar-refractivity contribution >= 4 is 28.3 Å². The average Bonchev–Trinajstić information content (AvgIpc) is 3.24. The van der Waals surface area contributed by atoms with Gasteiger partial charge in [-0.2, -0.15) is 0 Å². The van der Waals surface area contributed by atoms with Crippen LogP contribution in [-0.4, -0.2) is 57.2 Å². The van der Waals surface area contributed by atoms with Crippen molar-refractivity contribution in [1.29, 1.82) is 0 Å². The van der Waals surface area contributed by atoms with E-state index in [1.807, 2.05) is 22.4 Å². The molecule has 124 valence electrons. The predicted octanol–water partition coefficient (Wildman–Crippen LogP) is 2.03. The molecule has 2 aromatic heterocycles. The molecule has 1 aliphatic rings. The van der Waals surface area contributed by atoms with E-state index in [2.05, 4.69) is 26.3 Å². The molecule has 0 radical (unpaired) electrons. The summed E-state index contributed by atoms with van der Waals surface area (Å²) in [7, 11) is 0. The van der Waals surface area contributed by atoms with Crippen LogP contribution in [0, 0.1) is 0 Å². The topological polar surface area (TPSA) is 75.4 Å². The fraction of sp³-hybridized carbons (Fsp3) is 0.375. The van der Waals surface area contributed by atoms with Gasteiger partial charge in [0.2, 0.25) is 0 Å². The van der Waals surface area contributed by atoms with E-state index in [0.717, 1.165) is 49.2 Å². The van der Waals surface area contributed by atoms with Crippen molar-refractivity contribution in [2.75, 3.05) is 26.2 Å². The zero-order chi connectivity index (χ0) is 16.4. The Morgan fingerprint density at radius 1 is 1.21 bits per heavy atom. The van der Waals surface area contributed by atoms with Gasteiger partial charge in [-0.1, -0.05) is 12.1 Å². The molecule has 1 saturated heterocycles. The standard InChI is InChI=1S/C16H17N5O2S/c22-16(14-10-24-11-17-14)21-6-2-5-20(7-8-21)9-12-3-1-4-13-15(12)19-23-18-13/h1,3-4,10-11H,2,5-9H2. The monoisotopic (exact) mass is 343 g/mol. The zero-order valence-corrected chi connectivity index (χ0v) is 13.9. The minimum Gasteiger partial charge on any atom is -0.336 e. The Morgan fingerprint density at radius 3 is 3.04 bits per heavy atom. The number of aromatic nitrogens is 3. The van der Waals surface area contributed by atoms with Crippen LogP contribution in [0.2, 0.25) is 0 Å². The summed E-state index contributed by atoms with van der Waals surface area (Å²) in [6.45, 7) is 4.04. The number of hydrogen-bond donors (Lipinski definition) is 0. The van der Waals surface area contributed by atoms with Crippen molar-refractivity contribution in [2.24, 2.45) is 0 Å². The Kier molecular flexibility index (Phi) is 4.22. The number of hydrogen-bond acceptors (Lipinski definition) is 7. The molecule has 3 aromatic rings. The highest BCUT2D eigenvalue weighted by molar-refractivity contribution is 7.07. The van der Waals surface area contributed by atoms with Crippen LogP contribution in [0.4, 0.5) is 0 Å². The third kappa shape index (κ3) is 3.02. The fourth-order valence-corrected chi connectivity index (χ4v) is 3.57. The average molecular weight is 343 g/mol. The highest BCUT2D eigenvalue weighted by Gasteiger charge is 2.22. The molecule has 4 rings (SSSR count). The maximum absolute atomic E-state index is 12.4. The van der Waals surface area contributed by atoms with Gasteiger partial charge in [0.15, 0.2) is 0 Å². The number of nitrogens with zero attached hydrogens (tertiary/aromatic N) is 5. The van der Waals surface area contributed by atoms with Crippen LogP contribution in [-0.2, 0) is 6.54 Å².